The predicted molar refractivity (Wildman–Crippen MR) is 83.3 cm³/mol. The van der Waals surface area contributed by atoms with Crippen LogP contribution in [0.3, 0.4) is 0 Å². The number of nitrogens with one attached hydrogen (secondary N) is 1. The van der Waals surface area contributed by atoms with E-state index in [1.54, 1.807) is 0 Å². The standard InChI is InChI=1S/C16H31NS/c1-15(2)9-13(10-16(3,4)12-15)17-11-14-7-5-6-8-18-14/h13-14,17H,5-12H2,1-4H3. The van der Waals surface area contributed by atoms with Crippen LogP contribution in [-0.4, -0.2) is 23.6 Å². The molecule has 2 fully saturated rings. The summed E-state index contributed by atoms with van der Waals surface area (Å²) in [7, 11) is 0. The topological polar surface area (TPSA) is 12.0 Å². The number of thioether (sulfide) groups is 1. The molecule has 0 bridgehead atoms. The van der Waals surface area contributed by atoms with Gasteiger partial charge in [-0.1, -0.05) is 34.1 Å². The second-order valence-corrected chi connectivity index (χ2v) is 9.42. The van der Waals surface area contributed by atoms with Gasteiger partial charge in [-0.15, -0.1) is 0 Å². The van der Waals surface area contributed by atoms with Gasteiger partial charge in [0.2, 0.25) is 0 Å². The minimum atomic E-state index is 0.513. The van der Waals surface area contributed by atoms with Gasteiger partial charge in [0, 0.05) is 17.8 Å². The maximum atomic E-state index is 3.88. The average Bonchev–Trinajstić information content (AvgIpc) is 2.24. The SMILES string of the molecule is CC1(C)CC(NCC2CCCCS2)CC(C)(C)C1. The molecule has 0 aromatic heterocycles. The molecule has 0 aromatic rings. The smallest absolute Gasteiger partial charge is 0.0172 e. The van der Waals surface area contributed by atoms with Crippen LogP contribution < -0.4 is 5.32 Å². The quantitative estimate of drug-likeness (QED) is 0.811. The Morgan fingerprint density at radius 1 is 1.06 bits per heavy atom. The van der Waals surface area contributed by atoms with Crippen molar-refractivity contribution in [3.05, 3.63) is 0 Å². The average molecular weight is 269 g/mol. The first-order valence-corrected chi connectivity index (χ1v) is 8.76. The Kier molecular flexibility index (Phi) is 4.70. The summed E-state index contributed by atoms with van der Waals surface area (Å²) in [5.74, 6) is 1.38. The van der Waals surface area contributed by atoms with Crippen LogP contribution >= 0.6 is 11.8 Å². The molecule has 1 N–H and O–H groups in total. The van der Waals surface area contributed by atoms with E-state index in [1.165, 1.54) is 50.8 Å². The van der Waals surface area contributed by atoms with Crippen LogP contribution in [0.1, 0.15) is 66.2 Å². The van der Waals surface area contributed by atoms with E-state index in [-0.39, 0.29) is 0 Å². The van der Waals surface area contributed by atoms with Gasteiger partial charge in [0.1, 0.15) is 0 Å². The first-order valence-electron chi connectivity index (χ1n) is 7.71. The van der Waals surface area contributed by atoms with Gasteiger partial charge in [0.05, 0.1) is 0 Å². The molecule has 1 nitrogen and oxygen atoms in total. The third-order valence-electron chi connectivity index (χ3n) is 4.46. The van der Waals surface area contributed by atoms with Crippen LogP contribution in [0.5, 0.6) is 0 Å². The van der Waals surface area contributed by atoms with Crippen molar-refractivity contribution >= 4 is 11.8 Å². The third kappa shape index (κ3) is 4.45. The molecule has 1 heterocycles. The summed E-state index contributed by atoms with van der Waals surface area (Å²) >= 11 is 2.19. The molecule has 0 spiro atoms. The van der Waals surface area contributed by atoms with Gasteiger partial charge < -0.3 is 5.32 Å². The van der Waals surface area contributed by atoms with Crippen molar-refractivity contribution < 1.29 is 0 Å². The van der Waals surface area contributed by atoms with Crippen molar-refractivity contribution in [2.24, 2.45) is 10.8 Å². The molecule has 2 aliphatic rings. The van der Waals surface area contributed by atoms with Gasteiger partial charge in [-0.2, -0.15) is 11.8 Å². The molecular formula is C16H31NS. The molecule has 0 aromatic carbocycles. The number of rotatable bonds is 3. The Hall–Kier alpha value is 0.310. The van der Waals surface area contributed by atoms with E-state index in [0.717, 1.165) is 11.3 Å². The van der Waals surface area contributed by atoms with Crippen LogP contribution in [0.25, 0.3) is 0 Å². The maximum Gasteiger partial charge on any atom is 0.0172 e. The maximum absolute atomic E-state index is 3.88. The van der Waals surface area contributed by atoms with E-state index in [9.17, 15) is 0 Å². The summed E-state index contributed by atoms with van der Waals surface area (Å²) in [6.07, 6.45) is 8.39. The Morgan fingerprint density at radius 2 is 1.72 bits per heavy atom. The molecular weight excluding hydrogens is 238 g/mol. The molecule has 1 aliphatic heterocycles. The summed E-state index contributed by atoms with van der Waals surface area (Å²) in [6.45, 7) is 11.0. The van der Waals surface area contributed by atoms with E-state index in [4.69, 9.17) is 0 Å². The highest BCUT2D eigenvalue weighted by atomic mass is 32.2. The second kappa shape index (κ2) is 5.75. The van der Waals surface area contributed by atoms with Crippen molar-refractivity contribution in [1.82, 2.24) is 5.32 Å². The molecule has 1 atom stereocenters. The third-order valence-corrected chi connectivity index (χ3v) is 5.86. The lowest BCUT2D eigenvalue weighted by molar-refractivity contribution is 0.0852. The van der Waals surface area contributed by atoms with Crippen molar-refractivity contribution in [3.8, 4) is 0 Å². The molecule has 1 aliphatic carbocycles. The molecule has 1 saturated heterocycles. The minimum absolute atomic E-state index is 0.513. The zero-order valence-electron chi connectivity index (χ0n) is 12.7. The molecule has 0 amide bonds. The highest BCUT2D eigenvalue weighted by Gasteiger charge is 2.38. The molecule has 1 saturated carbocycles. The van der Waals surface area contributed by atoms with Crippen molar-refractivity contribution in [2.45, 2.75) is 77.5 Å². The van der Waals surface area contributed by atoms with Crippen LogP contribution in [-0.2, 0) is 0 Å². The van der Waals surface area contributed by atoms with Gasteiger partial charge in [-0.25, -0.2) is 0 Å². The van der Waals surface area contributed by atoms with Gasteiger partial charge >= 0.3 is 0 Å². The summed E-state index contributed by atoms with van der Waals surface area (Å²) in [4.78, 5) is 0. The van der Waals surface area contributed by atoms with E-state index in [1.807, 2.05) is 0 Å². The van der Waals surface area contributed by atoms with Crippen molar-refractivity contribution in [2.75, 3.05) is 12.3 Å². The molecule has 18 heavy (non-hydrogen) atoms. The molecule has 2 heteroatoms. The zero-order valence-corrected chi connectivity index (χ0v) is 13.5. The van der Waals surface area contributed by atoms with Gasteiger partial charge in [-0.3, -0.25) is 0 Å². The first-order chi connectivity index (χ1) is 8.36. The lowest BCUT2D eigenvalue weighted by atomic mass is 9.63. The van der Waals surface area contributed by atoms with Crippen molar-refractivity contribution in [1.29, 1.82) is 0 Å². The summed E-state index contributed by atoms with van der Waals surface area (Å²) < 4.78 is 0. The van der Waals surface area contributed by atoms with Crippen LogP contribution in [0.4, 0.5) is 0 Å². The van der Waals surface area contributed by atoms with E-state index in [2.05, 4.69) is 44.8 Å². The zero-order chi connectivity index (χ0) is 13.2. The molecule has 2 rings (SSSR count). The van der Waals surface area contributed by atoms with Crippen molar-refractivity contribution in [3.63, 3.8) is 0 Å². The lowest BCUT2D eigenvalue weighted by Gasteiger charge is -2.45. The minimum Gasteiger partial charge on any atom is -0.313 e. The normalized spacial score (nSPS) is 32.3. The van der Waals surface area contributed by atoms with Gasteiger partial charge in [-0.05, 0) is 48.7 Å². The van der Waals surface area contributed by atoms with Crippen LogP contribution in [0.15, 0.2) is 0 Å². The Morgan fingerprint density at radius 3 is 2.28 bits per heavy atom. The van der Waals surface area contributed by atoms with Gasteiger partial charge in [0.15, 0.2) is 0 Å². The first kappa shape index (κ1) is 14.7. The Labute approximate surface area is 118 Å². The monoisotopic (exact) mass is 269 g/mol. The molecule has 1 unspecified atom stereocenters. The fraction of sp³-hybridized carbons (Fsp3) is 1.00. The fourth-order valence-electron chi connectivity index (χ4n) is 4.26. The fourth-order valence-corrected chi connectivity index (χ4v) is 5.51. The predicted octanol–water partition coefficient (Wildman–Crippen LogP) is 4.47. The summed E-state index contributed by atoms with van der Waals surface area (Å²) in [5.41, 5.74) is 1.03. The Bertz CT molecular complexity index is 250. The highest BCUT2D eigenvalue weighted by Crippen LogP contribution is 2.45. The van der Waals surface area contributed by atoms with E-state index in [0.29, 0.717) is 10.8 Å². The largest absolute Gasteiger partial charge is 0.313 e. The number of hydrogen-bond donors (Lipinski definition) is 1. The second-order valence-electron chi connectivity index (χ2n) is 8.01. The lowest BCUT2D eigenvalue weighted by Crippen LogP contribution is -2.45. The summed E-state index contributed by atoms with van der Waals surface area (Å²) in [5, 5.41) is 4.76. The van der Waals surface area contributed by atoms with E-state index < -0.39 is 0 Å². The van der Waals surface area contributed by atoms with Crippen LogP contribution in [0.2, 0.25) is 0 Å². The number of hydrogen-bond acceptors (Lipinski definition) is 2. The highest BCUT2D eigenvalue weighted by molar-refractivity contribution is 7.99. The van der Waals surface area contributed by atoms with E-state index >= 15 is 0 Å². The Balaban J connectivity index is 1.81. The molecule has 106 valence electrons. The summed E-state index contributed by atoms with van der Waals surface area (Å²) in [6, 6.07) is 0.742. The van der Waals surface area contributed by atoms with Gasteiger partial charge in [0.25, 0.3) is 0 Å². The van der Waals surface area contributed by atoms with Crippen LogP contribution in [0, 0.1) is 10.8 Å². The molecule has 0 radical (unpaired) electrons.